The van der Waals surface area contributed by atoms with E-state index >= 15 is 0 Å². The van der Waals surface area contributed by atoms with Crippen molar-refractivity contribution in [3.8, 4) is 11.5 Å². The topological polar surface area (TPSA) is 71.1 Å². The molecule has 0 aliphatic heterocycles. The Morgan fingerprint density at radius 3 is 2.14 bits per heavy atom. The SMILES string of the molecule is CCC(C)(C)C(=O)OCCCCCCOC(=O)/C=C/c1ccc(OC)c(OC)c1. The Kier molecular flexibility index (Phi) is 10.9. The second kappa shape index (κ2) is 12.9. The lowest BCUT2D eigenvalue weighted by atomic mass is 9.91. The van der Waals surface area contributed by atoms with Gasteiger partial charge in [-0.15, -0.1) is 0 Å². The van der Waals surface area contributed by atoms with Crippen LogP contribution in [-0.2, 0) is 19.1 Å². The second-order valence-corrected chi connectivity index (χ2v) is 7.40. The summed E-state index contributed by atoms with van der Waals surface area (Å²) in [6.45, 7) is 6.58. The van der Waals surface area contributed by atoms with Gasteiger partial charge in [-0.2, -0.15) is 0 Å². The van der Waals surface area contributed by atoms with Crippen LogP contribution in [0.1, 0.15) is 58.4 Å². The van der Waals surface area contributed by atoms with E-state index in [1.165, 1.54) is 6.08 Å². The van der Waals surface area contributed by atoms with Crippen molar-refractivity contribution >= 4 is 18.0 Å². The first-order valence-corrected chi connectivity index (χ1v) is 10.1. The van der Waals surface area contributed by atoms with Crippen molar-refractivity contribution in [3.05, 3.63) is 29.8 Å². The van der Waals surface area contributed by atoms with Crippen molar-refractivity contribution in [2.24, 2.45) is 5.41 Å². The first-order valence-electron chi connectivity index (χ1n) is 10.1. The molecule has 0 unspecified atom stereocenters. The lowest BCUT2D eigenvalue weighted by molar-refractivity contribution is -0.154. The molecular weight excluding hydrogens is 372 g/mol. The fourth-order valence-corrected chi connectivity index (χ4v) is 2.40. The minimum absolute atomic E-state index is 0.143. The maximum atomic E-state index is 11.8. The van der Waals surface area contributed by atoms with Gasteiger partial charge in [0.15, 0.2) is 11.5 Å². The van der Waals surface area contributed by atoms with Crippen LogP contribution < -0.4 is 9.47 Å². The Labute approximate surface area is 174 Å². The highest BCUT2D eigenvalue weighted by Crippen LogP contribution is 2.28. The molecule has 0 amide bonds. The predicted octanol–water partition coefficient (Wildman–Crippen LogP) is 4.80. The van der Waals surface area contributed by atoms with Crippen LogP contribution in [0.2, 0.25) is 0 Å². The fraction of sp³-hybridized carbons (Fsp3) is 0.565. The molecule has 0 fully saturated rings. The predicted molar refractivity (Wildman–Crippen MR) is 113 cm³/mol. The molecule has 0 aliphatic carbocycles. The van der Waals surface area contributed by atoms with Crippen LogP contribution in [0.3, 0.4) is 0 Å². The molecule has 0 atom stereocenters. The van der Waals surface area contributed by atoms with Crippen LogP contribution in [0.4, 0.5) is 0 Å². The summed E-state index contributed by atoms with van der Waals surface area (Å²) < 4.78 is 20.9. The van der Waals surface area contributed by atoms with Crippen molar-refractivity contribution in [2.45, 2.75) is 52.9 Å². The summed E-state index contributed by atoms with van der Waals surface area (Å²) in [5, 5.41) is 0. The molecule has 1 aromatic rings. The Hall–Kier alpha value is -2.50. The van der Waals surface area contributed by atoms with Crippen molar-refractivity contribution < 1.29 is 28.5 Å². The van der Waals surface area contributed by atoms with Crippen LogP contribution in [-0.4, -0.2) is 39.4 Å². The van der Waals surface area contributed by atoms with Gasteiger partial charge in [0.1, 0.15) is 0 Å². The first-order chi connectivity index (χ1) is 13.8. The van der Waals surface area contributed by atoms with Crippen LogP contribution in [0, 0.1) is 5.41 Å². The first kappa shape index (κ1) is 24.5. The number of rotatable bonds is 13. The summed E-state index contributed by atoms with van der Waals surface area (Å²) in [6, 6.07) is 5.40. The van der Waals surface area contributed by atoms with E-state index in [4.69, 9.17) is 18.9 Å². The summed E-state index contributed by atoms with van der Waals surface area (Å²) in [5.41, 5.74) is 0.402. The second-order valence-electron chi connectivity index (χ2n) is 7.40. The van der Waals surface area contributed by atoms with Gasteiger partial charge in [-0.25, -0.2) is 4.79 Å². The van der Waals surface area contributed by atoms with E-state index in [2.05, 4.69) is 0 Å². The van der Waals surface area contributed by atoms with E-state index in [0.29, 0.717) is 24.7 Å². The molecule has 1 rings (SSSR count). The van der Waals surface area contributed by atoms with Crippen molar-refractivity contribution in [3.63, 3.8) is 0 Å². The molecule has 0 aliphatic rings. The molecule has 0 aromatic heterocycles. The summed E-state index contributed by atoms with van der Waals surface area (Å²) in [7, 11) is 3.14. The number of benzene rings is 1. The molecule has 0 heterocycles. The molecule has 0 N–H and O–H groups in total. The maximum Gasteiger partial charge on any atom is 0.330 e. The van der Waals surface area contributed by atoms with Crippen LogP contribution in [0.15, 0.2) is 24.3 Å². The zero-order chi connectivity index (χ0) is 21.7. The molecule has 6 nitrogen and oxygen atoms in total. The zero-order valence-electron chi connectivity index (χ0n) is 18.3. The average molecular weight is 407 g/mol. The van der Waals surface area contributed by atoms with Gasteiger partial charge in [0, 0.05) is 6.08 Å². The fourth-order valence-electron chi connectivity index (χ4n) is 2.40. The molecule has 29 heavy (non-hydrogen) atoms. The number of carbonyl (C=O) groups excluding carboxylic acids is 2. The highest BCUT2D eigenvalue weighted by Gasteiger charge is 2.26. The van der Waals surface area contributed by atoms with Crippen LogP contribution >= 0.6 is 0 Å². The molecule has 1 aromatic carbocycles. The van der Waals surface area contributed by atoms with Gasteiger partial charge in [0.2, 0.25) is 0 Å². The van der Waals surface area contributed by atoms with Crippen molar-refractivity contribution in [1.29, 1.82) is 0 Å². The molecular formula is C23H34O6. The minimum atomic E-state index is -0.418. The van der Waals surface area contributed by atoms with Gasteiger partial charge in [-0.1, -0.05) is 13.0 Å². The Bertz CT molecular complexity index is 678. The van der Waals surface area contributed by atoms with Gasteiger partial charge in [-0.05, 0) is 69.7 Å². The number of hydrogen-bond acceptors (Lipinski definition) is 6. The van der Waals surface area contributed by atoms with Crippen molar-refractivity contribution in [2.75, 3.05) is 27.4 Å². The molecule has 6 heteroatoms. The third-order valence-electron chi connectivity index (χ3n) is 4.77. The number of carbonyl (C=O) groups is 2. The standard InChI is InChI=1S/C23H34O6/c1-6-23(2,3)22(25)29-16-10-8-7-9-15-28-21(24)14-12-18-11-13-19(26-4)20(17-18)27-5/h11-14,17H,6-10,15-16H2,1-5H3/b14-12+. The number of esters is 2. The summed E-state index contributed by atoms with van der Waals surface area (Å²) in [5.74, 6) is 0.716. The van der Waals surface area contributed by atoms with E-state index < -0.39 is 5.41 Å². The number of methoxy groups -OCH3 is 2. The van der Waals surface area contributed by atoms with Crippen molar-refractivity contribution in [1.82, 2.24) is 0 Å². The van der Waals surface area contributed by atoms with E-state index in [1.54, 1.807) is 32.4 Å². The van der Waals surface area contributed by atoms with Gasteiger partial charge < -0.3 is 18.9 Å². The summed E-state index contributed by atoms with van der Waals surface area (Å²) in [4.78, 5) is 23.6. The average Bonchev–Trinajstić information content (AvgIpc) is 2.73. The zero-order valence-corrected chi connectivity index (χ0v) is 18.3. The quantitative estimate of drug-likeness (QED) is 0.266. The Morgan fingerprint density at radius 2 is 1.55 bits per heavy atom. The molecule has 162 valence electrons. The van der Waals surface area contributed by atoms with E-state index in [-0.39, 0.29) is 11.9 Å². The number of ether oxygens (including phenoxy) is 4. The maximum absolute atomic E-state index is 11.8. The molecule has 0 saturated heterocycles. The summed E-state index contributed by atoms with van der Waals surface area (Å²) >= 11 is 0. The normalized spacial score (nSPS) is 11.3. The third-order valence-corrected chi connectivity index (χ3v) is 4.77. The highest BCUT2D eigenvalue weighted by molar-refractivity contribution is 5.87. The molecule has 0 bridgehead atoms. The lowest BCUT2D eigenvalue weighted by Crippen LogP contribution is -2.26. The molecule has 0 radical (unpaired) electrons. The Balaban J connectivity index is 2.18. The van der Waals surface area contributed by atoms with E-state index in [1.807, 2.05) is 26.8 Å². The lowest BCUT2D eigenvalue weighted by Gasteiger charge is -2.20. The van der Waals surface area contributed by atoms with Gasteiger partial charge >= 0.3 is 11.9 Å². The number of unbranched alkanes of at least 4 members (excludes halogenated alkanes) is 3. The van der Waals surface area contributed by atoms with Gasteiger partial charge in [-0.3, -0.25) is 4.79 Å². The van der Waals surface area contributed by atoms with E-state index in [9.17, 15) is 9.59 Å². The minimum Gasteiger partial charge on any atom is -0.493 e. The van der Waals surface area contributed by atoms with Gasteiger partial charge in [0.25, 0.3) is 0 Å². The summed E-state index contributed by atoms with van der Waals surface area (Å²) in [6.07, 6.45) is 7.29. The Morgan fingerprint density at radius 1 is 0.931 bits per heavy atom. The molecule has 0 saturated carbocycles. The van der Waals surface area contributed by atoms with Gasteiger partial charge in [0.05, 0.1) is 32.8 Å². The monoisotopic (exact) mass is 406 g/mol. The van der Waals surface area contributed by atoms with Crippen LogP contribution in [0.25, 0.3) is 6.08 Å². The third kappa shape index (κ3) is 9.03. The van der Waals surface area contributed by atoms with E-state index in [0.717, 1.165) is 37.7 Å². The van der Waals surface area contributed by atoms with Crippen LogP contribution in [0.5, 0.6) is 11.5 Å². The molecule has 0 spiro atoms. The highest BCUT2D eigenvalue weighted by atomic mass is 16.5. The largest absolute Gasteiger partial charge is 0.493 e. The number of hydrogen-bond donors (Lipinski definition) is 0. The smallest absolute Gasteiger partial charge is 0.330 e.